The molecule has 0 aliphatic carbocycles. The molecule has 0 saturated heterocycles. The lowest BCUT2D eigenvalue weighted by Crippen LogP contribution is -1.98. The molecule has 3 aromatic carbocycles. The summed E-state index contributed by atoms with van der Waals surface area (Å²) in [5, 5.41) is 3.34. The fraction of sp³-hybridized carbons (Fsp3) is 0. The van der Waals surface area contributed by atoms with E-state index in [2.05, 4.69) is 99.0 Å². The third-order valence-corrected chi connectivity index (χ3v) is 7.28. The highest BCUT2D eigenvalue weighted by atomic mass is 15.1. The molecule has 5 nitrogen and oxygen atoms in total. The number of benzene rings is 3. The molecule has 0 spiro atoms. The summed E-state index contributed by atoms with van der Waals surface area (Å²) in [5.74, 6) is 0. The third kappa shape index (κ3) is 3.02. The maximum absolute atomic E-state index is 5.36. The van der Waals surface area contributed by atoms with E-state index in [9.17, 15) is 0 Å². The van der Waals surface area contributed by atoms with E-state index in [4.69, 9.17) is 9.97 Å². The summed E-state index contributed by atoms with van der Waals surface area (Å²) in [5.41, 5.74) is 9.40. The number of aromatic nitrogens is 5. The molecule has 8 aromatic rings. The predicted octanol–water partition coefficient (Wildman–Crippen LogP) is 7.73. The Labute approximate surface area is 218 Å². The molecule has 0 radical (unpaired) electrons. The van der Waals surface area contributed by atoms with Crippen LogP contribution in [-0.2, 0) is 0 Å². The fourth-order valence-electron chi connectivity index (χ4n) is 5.56. The van der Waals surface area contributed by atoms with Crippen LogP contribution in [0.3, 0.4) is 0 Å². The first kappa shape index (κ1) is 20.9. The second kappa shape index (κ2) is 8.11. The number of pyridine rings is 3. The highest BCUT2D eigenvalue weighted by Gasteiger charge is 2.20. The molecule has 5 aromatic heterocycles. The molecule has 0 fully saturated rings. The highest BCUT2D eigenvalue weighted by molar-refractivity contribution is 6.15. The maximum Gasteiger partial charge on any atom is 0.149 e. The number of fused-ring (bicyclic) bond motifs is 6. The smallest absolute Gasteiger partial charge is 0.149 e. The molecule has 0 amide bonds. The van der Waals surface area contributed by atoms with Gasteiger partial charge in [-0.15, -0.1) is 0 Å². The molecule has 8 rings (SSSR count). The van der Waals surface area contributed by atoms with Gasteiger partial charge in [-0.05, 0) is 71.8 Å². The SMILES string of the molecule is c1ccc(-n2c3cccnc3c3cc4c5ccccc5n(-c5ccc(-c6ccncc6)cc5)c4nc32)cc1. The summed E-state index contributed by atoms with van der Waals surface area (Å²) in [6, 6.07) is 38.0. The normalized spacial score (nSPS) is 11.7. The van der Waals surface area contributed by atoms with Crippen molar-refractivity contribution in [1.82, 2.24) is 24.1 Å². The fourth-order valence-corrected chi connectivity index (χ4v) is 5.56. The second-order valence-electron chi connectivity index (χ2n) is 9.41. The van der Waals surface area contributed by atoms with Crippen molar-refractivity contribution in [2.24, 2.45) is 0 Å². The van der Waals surface area contributed by atoms with Crippen molar-refractivity contribution in [2.75, 3.05) is 0 Å². The molecule has 0 atom stereocenters. The van der Waals surface area contributed by atoms with Crippen molar-refractivity contribution in [1.29, 1.82) is 0 Å². The van der Waals surface area contributed by atoms with E-state index in [1.54, 1.807) is 0 Å². The second-order valence-corrected chi connectivity index (χ2v) is 9.41. The van der Waals surface area contributed by atoms with Crippen molar-refractivity contribution < 1.29 is 0 Å². The first-order chi connectivity index (χ1) is 18.9. The zero-order valence-electron chi connectivity index (χ0n) is 20.4. The van der Waals surface area contributed by atoms with E-state index in [0.29, 0.717) is 0 Å². The van der Waals surface area contributed by atoms with Gasteiger partial charge >= 0.3 is 0 Å². The molecule has 178 valence electrons. The molecule has 0 unspecified atom stereocenters. The molecular weight excluding hydrogens is 466 g/mol. The topological polar surface area (TPSA) is 48.5 Å². The number of hydrogen-bond donors (Lipinski definition) is 0. The first-order valence-corrected chi connectivity index (χ1v) is 12.6. The molecule has 0 N–H and O–H groups in total. The van der Waals surface area contributed by atoms with Crippen LogP contribution in [0.5, 0.6) is 0 Å². The van der Waals surface area contributed by atoms with Gasteiger partial charge in [0.2, 0.25) is 0 Å². The van der Waals surface area contributed by atoms with Crippen LogP contribution in [0.1, 0.15) is 0 Å². The molecule has 0 aliphatic heterocycles. The van der Waals surface area contributed by atoms with Crippen LogP contribution in [0.25, 0.3) is 66.5 Å². The van der Waals surface area contributed by atoms with Gasteiger partial charge < -0.3 is 0 Å². The summed E-state index contributed by atoms with van der Waals surface area (Å²) in [7, 11) is 0. The van der Waals surface area contributed by atoms with Gasteiger partial charge in [0.25, 0.3) is 0 Å². The zero-order valence-corrected chi connectivity index (χ0v) is 20.4. The summed E-state index contributed by atoms with van der Waals surface area (Å²) in [6.07, 6.45) is 5.51. The van der Waals surface area contributed by atoms with Crippen LogP contribution in [0, 0.1) is 0 Å². The molecule has 5 heteroatoms. The van der Waals surface area contributed by atoms with Crippen LogP contribution >= 0.6 is 0 Å². The minimum Gasteiger partial charge on any atom is -0.294 e. The Balaban J connectivity index is 1.45. The summed E-state index contributed by atoms with van der Waals surface area (Å²) >= 11 is 0. The van der Waals surface area contributed by atoms with E-state index in [-0.39, 0.29) is 0 Å². The van der Waals surface area contributed by atoms with Gasteiger partial charge in [-0.3, -0.25) is 19.1 Å². The van der Waals surface area contributed by atoms with Crippen LogP contribution in [0.15, 0.2) is 128 Å². The van der Waals surface area contributed by atoms with E-state index < -0.39 is 0 Å². The van der Waals surface area contributed by atoms with Gasteiger partial charge in [0.05, 0.1) is 16.6 Å². The van der Waals surface area contributed by atoms with Crippen molar-refractivity contribution in [3.05, 3.63) is 128 Å². The lowest BCUT2D eigenvalue weighted by molar-refractivity contribution is 1.11. The van der Waals surface area contributed by atoms with Crippen LogP contribution in [0.4, 0.5) is 0 Å². The molecule has 5 heterocycles. The standard InChI is InChI=1S/C33H21N5/c1-2-7-24(8-3-1)38-30-11-6-18-35-31(30)28-21-27-26-9-4-5-10-29(26)37(32(27)36-33(28)38)25-14-12-22(13-15-25)23-16-19-34-20-17-23/h1-21H. The highest BCUT2D eigenvalue weighted by Crippen LogP contribution is 2.37. The number of hydrogen-bond acceptors (Lipinski definition) is 3. The average Bonchev–Trinajstić information content (AvgIpc) is 3.49. The summed E-state index contributed by atoms with van der Waals surface area (Å²) in [6.45, 7) is 0. The van der Waals surface area contributed by atoms with E-state index in [1.165, 1.54) is 5.39 Å². The number of rotatable bonds is 3. The van der Waals surface area contributed by atoms with E-state index in [1.807, 2.05) is 42.9 Å². The Kier molecular flexibility index (Phi) is 4.45. The van der Waals surface area contributed by atoms with Gasteiger partial charge in [-0.2, -0.15) is 0 Å². The average molecular weight is 488 g/mol. The Hall–Kier alpha value is -5.29. The van der Waals surface area contributed by atoms with Crippen molar-refractivity contribution in [2.45, 2.75) is 0 Å². The molecule has 0 aliphatic rings. The lowest BCUT2D eigenvalue weighted by atomic mass is 10.1. The molecule has 38 heavy (non-hydrogen) atoms. The quantitative estimate of drug-likeness (QED) is 0.256. The lowest BCUT2D eigenvalue weighted by Gasteiger charge is -2.10. The van der Waals surface area contributed by atoms with Gasteiger partial charge in [0.15, 0.2) is 0 Å². The minimum atomic E-state index is 0.898. The predicted molar refractivity (Wildman–Crippen MR) is 154 cm³/mol. The molecule has 0 saturated carbocycles. The van der Waals surface area contributed by atoms with E-state index in [0.717, 1.165) is 61.1 Å². The van der Waals surface area contributed by atoms with Gasteiger partial charge in [0.1, 0.15) is 11.3 Å². The van der Waals surface area contributed by atoms with Gasteiger partial charge in [-0.1, -0.05) is 48.5 Å². The van der Waals surface area contributed by atoms with Crippen molar-refractivity contribution >= 4 is 44.0 Å². The minimum absolute atomic E-state index is 0.898. The van der Waals surface area contributed by atoms with Crippen LogP contribution < -0.4 is 0 Å². The Morgan fingerprint density at radius 3 is 1.97 bits per heavy atom. The Bertz CT molecular complexity index is 2110. The molecule has 0 bridgehead atoms. The number of para-hydroxylation sites is 2. The van der Waals surface area contributed by atoms with Crippen molar-refractivity contribution in [3.8, 4) is 22.5 Å². The number of nitrogens with zero attached hydrogens (tertiary/aromatic N) is 5. The first-order valence-electron chi connectivity index (χ1n) is 12.6. The molecular formula is C33H21N5. The summed E-state index contributed by atoms with van der Waals surface area (Å²) < 4.78 is 4.48. The monoisotopic (exact) mass is 487 g/mol. The van der Waals surface area contributed by atoms with Crippen LogP contribution in [-0.4, -0.2) is 24.1 Å². The van der Waals surface area contributed by atoms with Gasteiger partial charge in [0, 0.05) is 46.1 Å². The summed E-state index contributed by atoms with van der Waals surface area (Å²) in [4.78, 5) is 14.3. The van der Waals surface area contributed by atoms with Gasteiger partial charge in [-0.25, -0.2) is 4.98 Å². The largest absolute Gasteiger partial charge is 0.294 e. The van der Waals surface area contributed by atoms with Crippen LogP contribution in [0.2, 0.25) is 0 Å². The maximum atomic E-state index is 5.36. The Morgan fingerprint density at radius 2 is 1.13 bits per heavy atom. The van der Waals surface area contributed by atoms with E-state index >= 15 is 0 Å². The van der Waals surface area contributed by atoms with Crippen molar-refractivity contribution in [3.63, 3.8) is 0 Å². The Morgan fingerprint density at radius 1 is 0.474 bits per heavy atom. The third-order valence-electron chi connectivity index (χ3n) is 7.28. The zero-order chi connectivity index (χ0) is 25.1.